The molecule has 2 N–H and O–H groups in total. The first-order valence-electron chi connectivity index (χ1n) is 7.68. The second-order valence-corrected chi connectivity index (χ2v) is 5.77. The highest BCUT2D eigenvalue weighted by Crippen LogP contribution is 2.10. The summed E-state index contributed by atoms with van der Waals surface area (Å²) in [5.74, 6) is 0. The van der Waals surface area contributed by atoms with Crippen molar-refractivity contribution in [3.05, 3.63) is 0 Å². The van der Waals surface area contributed by atoms with Crippen LogP contribution in [0.3, 0.4) is 0 Å². The smallest absolute Gasteiger partial charge is 0.0793 e. The fourth-order valence-electron chi connectivity index (χ4n) is 3.06. The van der Waals surface area contributed by atoms with E-state index >= 15 is 0 Å². The van der Waals surface area contributed by atoms with Gasteiger partial charge in [-0.25, -0.2) is 0 Å². The lowest BCUT2D eigenvalue weighted by molar-refractivity contribution is 0.0770. The number of aliphatic hydroxyl groups is 1. The molecular formula is C14H29N3O. The predicted molar refractivity (Wildman–Crippen MR) is 74.8 cm³/mol. The normalized spacial score (nSPS) is 26.5. The molecule has 0 aromatic heterocycles. The molecule has 0 amide bonds. The molecule has 0 unspecified atom stereocenters. The maximum absolute atomic E-state index is 10.2. The van der Waals surface area contributed by atoms with Crippen LogP contribution in [0.25, 0.3) is 0 Å². The monoisotopic (exact) mass is 255 g/mol. The second-order valence-electron chi connectivity index (χ2n) is 5.77. The lowest BCUT2D eigenvalue weighted by Gasteiger charge is -2.27. The van der Waals surface area contributed by atoms with Gasteiger partial charge in [0.2, 0.25) is 0 Å². The zero-order chi connectivity index (χ0) is 12.6. The molecule has 0 saturated carbocycles. The molecule has 0 aliphatic carbocycles. The zero-order valence-corrected chi connectivity index (χ0v) is 11.6. The minimum Gasteiger partial charge on any atom is -0.390 e. The van der Waals surface area contributed by atoms with Crippen molar-refractivity contribution in [1.82, 2.24) is 15.1 Å². The van der Waals surface area contributed by atoms with Gasteiger partial charge in [-0.2, -0.15) is 0 Å². The Hall–Kier alpha value is -0.160. The summed E-state index contributed by atoms with van der Waals surface area (Å²) in [4.78, 5) is 4.86. The molecule has 2 aliphatic rings. The van der Waals surface area contributed by atoms with E-state index in [0.717, 1.165) is 39.3 Å². The van der Waals surface area contributed by atoms with Gasteiger partial charge in [0.15, 0.2) is 0 Å². The Bertz CT molecular complexity index is 187. The number of hydrogen-bond acceptors (Lipinski definition) is 4. The van der Waals surface area contributed by atoms with Crippen LogP contribution < -0.4 is 5.32 Å². The molecule has 2 saturated heterocycles. The molecule has 0 bridgehead atoms. The van der Waals surface area contributed by atoms with Crippen molar-refractivity contribution in [1.29, 1.82) is 0 Å². The van der Waals surface area contributed by atoms with Gasteiger partial charge in [-0.15, -0.1) is 0 Å². The molecule has 2 aliphatic heterocycles. The minimum absolute atomic E-state index is 0.179. The highest BCUT2D eigenvalue weighted by Gasteiger charge is 2.17. The van der Waals surface area contributed by atoms with Crippen molar-refractivity contribution in [2.75, 3.05) is 52.4 Å². The number of aliphatic hydroxyl groups excluding tert-OH is 1. The maximum Gasteiger partial charge on any atom is 0.0793 e. The Morgan fingerprint density at radius 3 is 2.11 bits per heavy atom. The molecule has 4 nitrogen and oxygen atoms in total. The molecule has 4 heteroatoms. The highest BCUT2D eigenvalue weighted by atomic mass is 16.3. The summed E-state index contributed by atoms with van der Waals surface area (Å²) in [7, 11) is 0. The Morgan fingerprint density at radius 2 is 1.39 bits per heavy atom. The van der Waals surface area contributed by atoms with Crippen LogP contribution in [0.1, 0.15) is 32.1 Å². The third kappa shape index (κ3) is 5.22. The molecule has 0 spiro atoms. The molecule has 0 radical (unpaired) electrons. The molecule has 2 fully saturated rings. The lowest BCUT2D eigenvalue weighted by Crippen LogP contribution is -2.41. The van der Waals surface area contributed by atoms with E-state index in [0.29, 0.717) is 0 Å². The van der Waals surface area contributed by atoms with Gasteiger partial charge in [0.25, 0.3) is 0 Å². The standard InChI is InChI=1S/C14H29N3O/c18-14(12-16-8-3-1-2-4-9-16)13-17-10-5-6-15-7-11-17/h14-15,18H,1-13H2/t14-/m1/s1. The van der Waals surface area contributed by atoms with E-state index in [1.807, 2.05) is 0 Å². The molecule has 106 valence electrons. The Kier molecular flexibility index (Phi) is 6.41. The van der Waals surface area contributed by atoms with Gasteiger partial charge in [0.05, 0.1) is 6.10 Å². The van der Waals surface area contributed by atoms with E-state index in [2.05, 4.69) is 15.1 Å². The summed E-state index contributed by atoms with van der Waals surface area (Å²) in [6.07, 6.45) is 6.37. The fourth-order valence-corrected chi connectivity index (χ4v) is 3.06. The van der Waals surface area contributed by atoms with Crippen molar-refractivity contribution >= 4 is 0 Å². The van der Waals surface area contributed by atoms with Gasteiger partial charge in [-0.05, 0) is 45.4 Å². The van der Waals surface area contributed by atoms with Crippen LogP contribution in [0, 0.1) is 0 Å². The fraction of sp³-hybridized carbons (Fsp3) is 1.00. The molecule has 2 rings (SSSR count). The van der Waals surface area contributed by atoms with Gasteiger partial charge >= 0.3 is 0 Å². The SMILES string of the molecule is O[C@H](CN1CCCCCC1)CN1CCCNCC1. The number of hydrogen-bond donors (Lipinski definition) is 2. The van der Waals surface area contributed by atoms with E-state index in [-0.39, 0.29) is 6.10 Å². The van der Waals surface area contributed by atoms with Gasteiger partial charge in [0, 0.05) is 26.2 Å². The summed E-state index contributed by atoms with van der Waals surface area (Å²) in [5.41, 5.74) is 0. The summed E-state index contributed by atoms with van der Waals surface area (Å²) >= 11 is 0. The maximum atomic E-state index is 10.2. The van der Waals surface area contributed by atoms with Crippen molar-refractivity contribution in [3.8, 4) is 0 Å². The number of rotatable bonds is 4. The van der Waals surface area contributed by atoms with Crippen LogP contribution in [0.15, 0.2) is 0 Å². The van der Waals surface area contributed by atoms with E-state index in [1.54, 1.807) is 0 Å². The van der Waals surface area contributed by atoms with Crippen molar-refractivity contribution in [2.24, 2.45) is 0 Å². The average Bonchev–Trinajstić information content (AvgIpc) is 2.74. The summed E-state index contributed by atoms with van der Waals surface area (Å²) in [6.45, 7) is 8.47. The van der Waals surface area contributed by atoms with Crippen LogP contribution in [0.4, 0.5) is 0 Å². The number of nitrogens with zero attached hydrogens (tertiary/aromatic N) is 2. The third-order valence-corrected chi connectivity index (χ3v) is 4.07. The minimum atomic E-state index is -0.179. The van der Waals surface area contributed by atoms with Crippen LogP contribution in [-0.2, 0) is 0 Å². The molecule has 18 heavy (non-hydrogen) atoms. The van der Waals surface area contributed by atoms with E-state index in [9.17, 15) is 5.11 Å². The highest BCUT2D eigenvalue weighted by molar-refractivity contribution is 4.73. The quantitative estimate of drug-likeness (QED) is 0.768. The van der Waals surface area contributed by atoms with E-state index in [1.165, 1.54) is 45.2 Å². The molecular weight excluding hydrogens is 226 g/mol. The predicted octanol–water partition coefficient (Wildman–Crippen LogP) is 0.519. The largest absolute Gasteiger partial charge is 0.390 e. The summed E-state index contributed by atoms with van der Waals surface area (Å²) < 4.78 is 0. The van der Waals surface area contributed by atoms with Crippen molar-refractivity contribution < 1.29 is 5.11 Å². The van der Waals surface area contributed by atoms with Crippen LogP contribution in [0.5, 0.6) is 0 Å². The molecule has 0 aromatic carbocycles. The van der Waals surface area contributed by atoms with E-state index in [4.69, 9.17) is 0 Å². The first-order valence-corrected chi connectivity index (χ1v) is 7.68. The summed E-state index contributed by atoms with van der Waals surface area (Å²) in [5, 5.41) is 13.6. The number of likely N-dealkylation sites (tertiary alicyclic amines) is 1. The van der Waals surface area contributed by atoms with E-state index < -0.39 is 0 Å². The Morgan fingerprint density at radius 1 is 0.778 bits per heavy atom. The van der Waals surface area contributed by atoms with Crippen LogP contribution in [0.2, 0.25) is 0 Å². The van der Waals surface area contributed by atoms with Crippen molar-refractivity contribution in [3.63, 3.8) is 0 Å². The van der Waals surface area contributed by atoms with Crippen LogP contribution in [-0.4, -0.2) is 73.4 Å². The average molecular weight is 255 g/mol. The number of β-amino-alcohol motifs (C(OH)–C–C–N with tert-alkyl or cyclic N) is 1. The second kappa shape index (κ2) is 8.10. The zero-order valence-electron chi connectivity index (χ0n) is 11.6. The van der Waals surface area contributed by atoms with Gasteiger partial charge in [0.1, 0.15) is 0 Å². The lowest BCUT2D eigenvalue weighted by atomic mass is 10.2. The Balaban J connectivity index is 1.67. The summed E-state index contributed by atoms with van der Waals surface area (Å²) in [6, 6.07) is 0. The van der Waals surface area contributed by atoms with Gasteiger partial charge < -0.3 is 15.3 Å². The molecule has 0 aromatic rings. The van der Waals surface area contributed by atoms with Gasteiger partial charge in [-0.3, -0.25) is 4.90 Å². The number of nitrogens with one attached hydrogen (secondary N) is 1. The first-order chi connectivity index (χ1) is 8.84. The van der Waals surface area contributed by atoms with Crippen molar-refractivity contribution in [2.45, 2.75) is 38.2 Å². The first kappa shape index (κ1) is 14.3. The molecule has 1 atom stereocenters. The van der Waals surface area contributed by atoms with Crippen LogP contribution >= 0.6 is 0 Å². The Labute approximate surface area is 111 Å². The molecule has 2 heterocycles. The topological polar surface area (TPSA) is 38.7 Å². The third-order valence-electron chi connectivity index (χ3n) is 4.07. The van der Waals surface area contributed by atoms with Gasteiger partial charge in [-0.1, -0.05) is 12.8 Å².